The highest BCUT2D eigenvalue weighted by molar-refractivity contribution is 5.69. The minimum absolute atomic E-state index is 0.145. The Morgan fingerprint density at radius 3 is 2.69 bits per heavy atom. The fraction of sp³-hybridized carbons (Fsp3) is 0.222. The Morgan fingerprint density at radius 1 is 1.38 bits per heavy atom. The Morgan fingerprint density at radius 2 is 2.08 bits per heavy atom. The second-order valence-electron chi connectivity index (χ2n) is 2.31. The molecule has 1 N–H and O–H groups in total. The fourth-order valence-electron chi connectivity index (χ4n) is 0.763. The summed E-state index contributed by atoms with van der Waals surface area (Å²) in [5.74, 6) is 0.510. The van der Waals surface area contributed by atoms with Gasteiger partial charge < -0.3 is 9.47 Å². The quantitative estimate of drug-likeness (QED) is 0.716. The van der Waals surface area contributed by atoms with Gasteiger partial charge in [0.2, 0.25) is 0 Å². The Hall–Kier alpha value is -1.55. The van der Waals surface area contributed by atoms with Crippen molar-refractivity contribution >= 4 is 6.09 Å². The van der Waals surface area contributed by atoms with E-state index in [1.807, 2.05) is 6.07 Å². The van der Waals surface area contributed by atoms with E-state index >= 15 is 0 Å². The second-order valence-corrected chi connectivity index (χ2v) is 2.31. The maximum Gasteiger partial charge on any atom is 0.414 e. The zero-order valence-electron chi connectivity index (χ0n) is 7.32. The standard InChI is InChI=1S/C9H11NO3/c1-12-7-10-9(11)13-8-5-3-2-4-6-8/h2-6H,7H2,1H3,(H,10,11). The van der Waals surface area contributed by atoms with E-state index in [2.05, 4.69) is 10.1 Å². The van der Waals surface area contributed by atoms with Gasteiger partial charge in [0, 0.05) is 7.11 Å². The third-order valence-electron chi connectivity index (χ3n) is 1.31. The molecular weight excluding hydrogens is 170 g/mol. The fourth-order valence-corrected chi connectivity index (χ4v) is 0.763. The summed E-state index contributed by atoms with van der Waals surface area (Å²) in [7, 11) is 1.49. The van der Waals surface area contributed by atoms with Gasteiger partial charge in [0.15, 0.2) is 0 Å². The van der Waals surface area contributed by atoms with E-state index in [0.29, 0.717) is 5.75 Å². The topological polar surface area (TPSA) is 47.6 Å². The Balaban J connectivity index is 2.37. The molecule has 0 aliphatic carbocycles. The molecule has 0 bridgehead atoms. The molecule has 0 atom stereocenters. The molecule has 0 heterocycles. The van der Waals surface area contributed by atoms with Gasteiger partial charge in [0.05, 0.1) is 0 Å². The third-order valence-corrected chi connectivity index (χ3v) is 1.31. The zero-order chi connectivity index (χ0) is 9.52. The van der Waals surface area contributed by atoms with E-state index in [1.54, 1.807) is 24.3 Å². The Labute approximate surface area is 76.5 Å². The maximum atomic E-state index is 11.0. The van der Waals surface area contributed by atoms with E-state index in [4.69, 9.17) is 4.74 Å². The van der Waals surface area contributed by atoms with Crippen LogP contribution in [-0.4, -0.2) is 19.9 Å². The summed E-state index contributed by atoms with van der Waals surface area (Å²) >= 11 is 0. The zero-order valence-corrected chi connectivity index (χ0v) is 7.32. The van der Waals surface area contributed by atoms with Crippen LogP contribution in [0.3, 0.4) is 0 Å². The van der Waals surface area contributed by atoms with Crippen molar-refractivity contribution in [3.63, 3.8) is 0 Å². The summed E-state index contributed by atoms with van der Waals surface area (Å²) in [6.45, 7) is 0.145. The van der Waals surface area contributed by atoms with Gasteiger partial charge in [-0.1, -0.05) is 18.2 Å². The predicted molar refractivity (Wildman–Crippen MR) is 47.5 cm³/mol. The summed E-state index contributed by atoms with van der Waals surface area (Å²) in [5.41, 5.74) is 0. The number of benzene rings is 1. The van der Waals surface area contributed by atoms with Crippen molar-refractivity contribution in [2.45, 2.75) is 0 Å². The SMILES string of the molecule is COCNC(=O)Oc1ccccc1. The minimum atomic E-state index is -0.520. The van der Waals surface area contributed by atoms with Gasteiger partial charge in [0.1, 0.15) is 12.5 Å². The van der Waals surface area contributed by atoms with Crippen LogP contribution < -0.4 is 10.1 Å². The molecule has 0 spiro atoms. The summed E-state index contributed by atoms with van der Waals surface area (Å²) in [6.07, 6.45) is -0.520. The van der Waals surface area contributed by atoms with E-state index in [-0.39, 0.29) is 6.73 Å². The number of hydrogen-bond donors (Lipinski definition) is 1. The van der Waals surface area contributed by atoms with Gasteiger partial charge in [-0.25, -0.2) is 4.79 Å². The van der Waals surface area contributed by atoms with Crippen molar-refractivity contribution in [3.05, 3.63) is 30.3 Å². The van der Waals surface area contributed by atoms with Crippen LogP contribution in [0.25, 0.3) is 0 Å². The molecular formula is C9H11NO3. The van der Waals surface area contributed by atoms with Gasteiger partial charge in [0.25, 0.3) is 0 Å². The molecule has 1 aromatic carbocycles. The first-order chi connectivity index (χ1) is 6.33. The molecule has 0 saturated heterocycles. The molecule has 70 valence electrons. The molecule has 1 aromatic rings. The molecule has 4 heteroatoms. The lowest BCUT2D eigenvalue weighted by Gasteiger charge is -2.04. The van der Waals surface area contributed by atoms with Crippen molar-refractivity contribution in [1.82, 2.24) is 5.32 Å². The lowest BCUT2D eigenvalue weighted by molar-refractivity contribution is 0.153. The van der Waals surface area contributed by atoms with E-state index in [9.17, 15) is 4.79 Å². The molecule has 0 unspecified atom stereocenters. The van der Waals surface area contributed by atoms with Gasteiger partial charge in [-0.15, -0.1) is 0 Å². The lowest BCUT2D eigenvalue weighted by Crippen LogP contribution is -2.28. The summed E-state index contributed by atoms with van der Waals surface area (Å²) in [4.78, 5) is 11.0. The van der Waals surface area contributed by atoms with Crippen LogP contribution >= 0.6 is 0 Å². The molecule has 4 nitrogen and oxygen atoms in total. The van der Waals surface area contributed by atoms with Crippen LogP contribution in [0.5, 0.6) is 5.75 Å². The number of para-hydroxylation sites is 1. The van der Waals surface area contributed by atoms with E-state index < -0.39 is 6.09 Å². The molecule has 1 rings (SSSR count). The van der Waals surface area contributed by atoms with Crippen LogP contribution in [0.15, 0.2) is 30.3 Å². The van der Waals surface area contributed by atoms with Crippen molar-refractivity contribution in [1.29, 1.82) is 0 Å². The number of rotatable bonds is 3. The third kappa shape index (κ3) is 3.57. The Bertz CT molecular complexity index is 261. The first-order valence-electron chi connectivity index (χ1n) is 3.82. The van der Waals surface area contributed by atoms with Gasteiger partial charge in [-0.3, -0.25) is 5.32 Å². The highest BCUT2D eigenvalue weighted by Gasteiger charge is 2.00. The van der Waals surface area contributed by atoms with Crippen LogP contribution in [0, 0.1) is 0 Å². The maximum absolute atomic E-state index is 11.0. The average molecular weight is 181 g/mol. The van der Waals surface area contributed by atoms with Gasteiger partial charge in [-0.2, -0.15) is 0 Å². The number of amides is 1. The average Bonchev–Trinajstić information content (AvgIpc) is 2.16. The van der Waals surface area contributed by atoms with Crippen molar-refractivity contribution in [2.24, 2.45) is 0 Å². The molecule has 1 amide bonds. The molecule has 0 saturated carbocycles. The van der Waals surface area contributed by atoms with Gasteiger partial charge in [-0.05, 0) is 12.1 Å². The van der Waals surface area contributed by atoms with Crippen LogP contribution in [0.1, 0.15) is 0 Å². The number of carbonyl (C=O) groups is 1. The largest absolute Gasteiger partial charge is 0.414 e. The molecule has 0 aromatic heterocycles. The first kappa shape index (κ1) is 9.54. The molecule has 13 heavy (non-hydrogen) atoms. The highest BCUT2D eigenvalue weighted by Crippen LogP contribution is 2.07. The predicted octanol–water partition coefficient (Wildman–Crippen LogP) is 1.38. The number of nitrogens with one attached hydrogen (secondary N) is 1. The van der Waals surface area contributed by atoms with E-state index in [0.717, 1.165) is 0 Å². The molecule has 0 radical (unpaired) electrons. The summed E-state index contributed by atoms with van der Waals surface area (Å²) in [5, 5.41) is 2.40. The highest BCUT2D eigenvalue weighted by atomic mass is 16.6. The summed E-state index contributed by atoms with van der Waals surface area (Å²) in [6, 6.07) is 8.83. The smallest absolute Gasteiger partial charge is 0.410 e. The monoisotopic (exact) mass is 181 g/mol. The minimum Gasteiger partial charge on any atom is -0.410 e. The number of ether oxygens (including phenoxy) is 2. The normalized spacial score (nSPS) is 9.31. The number of carbonyl (C=O) groups excluding carboxylic acids is 1. The number of hydrogen-bond acceptors (Lipinski definition) is 3. The number of methoxy groups -OCH3 is 1. The van der Waals surface area contributed by atoms with Crippen molar-refractivity contribution < 1.29 is 14.3 Å². The van der Waals surface area contributed by atoms with Crippen LogP contribution in [-0.2, 0) is 4.74 Å². The molecule has 0 fully saturated rings. The first-order valence-corrected chi connectivity index (χ1v) is 3.82. The van der Waals surface area contributed by atoms with Gasteiger partial charge >= 0.3 is 6.09 Å². The molecule has 0 aliphatic rings. The second kappa shape index (κ2) is 5.16. The van der Waals surface area contributed by atoms with Crippen molar-refractivity contribution in [2.75, 3.05) is 13.8 Å². The Kier molecular flexibility index (Phi) is 3.78. The van der Waals surface area contributed by atoms with E-state index in [1.165, 1.54) is 7.11 Å². The van der Waals surface area contributed by atoms with Crippen LogP contribution in [0.4, 0.5) is 4.79 Å². The van der Waals surface area contributed by atoms with Crippen LogP contribution in [0.2, 0.25) is 0 Å². The van der Waals surface area contributed by atoms with Crippen molar-refractivity contribution in [3.8, 4) is 5.75 Å². The summed E-state index contributed by atoms with van der Waals surface area (Å²) < 4.78 is 9.52. The molecule has 0 aliphatic heterocycles. The lowest BCUT2D eigenvalue weighted by atomic mass is 10.3.